The highest BCUT2D eigenvalue weighted by atomic mass is 35.5. The first kappa shape index (κ1) is 16.3. The minimum Gasteiger partial charge on any atom is -0.378 e. The molecule has 0 N–H and O–H groups in total. The molecule has 0 bridgehead atoms. The summed E-state index contributed by atoms with van der Waals surface area (Å²) >= 11 is 12.3. The maximum Gasteiger partial charge on any atom is 0.266 e. The lowest BCUT2D eigenvalue weighted by Crippen LogP contribution is -2.37. The number of hydrogen-bond acceptors (Lipinski definition) is 5. The highest BCUT2D eigenvalue weighted by molar-refractivity contribution is 6.43. The van der Waals surface area contributed by atoms with Gasteiger partial charge in [-0.25, -0.2) is 9.97 Å². The van der Waals surface area contributed by atoms with Gasteiger partial charge in [0.25, 0.3) is 5.56 Å². The van der Waals surface area contributed by atoms with Crippen molar-refractivity contribution in [1.82, 2.24) is 14.5 Å². The molecule has 0 radical (unpaired) electrons. The molecule has 128 valence electrons. The van der Waals surface area contributed by atoms with Crippen LogP contribution in [0.3, 0.4) is 0 Å². The molecule has 0 atom stereocenters. The van der Waals surface area contributed by atoms with Gasteiger partial charge in [-0.3, -0.25) is 9.36 Å². The fourth-order valence-electron chi connectivity index (χ4n) is 2.80. The second-order valence-electron chi connectivity index (χ2n) is 5.63. The van der Waals surface area contributed by atoms with Gasteiger partial charge in [0.15, 0.2) is 0 Å². The minimum atomic E-state index is -0.241. The summed E-state index contributed by atoms with van der Waals surface area (Å²) in [5, 5.41) is 1.15. The van der Waals surface area contributed by atoms with Gasteiger partial charge in [-0.1, -0.05) is 29.3 Å². The van der Waals surface area contributed by atoms with Crippen molar-refractivity contribution in [3.8, 4) is 5.69 Å². The van der Waals surface area contributed by atoms with Crippen molar-refractivity contribution in [3.63, 3.8) is 0 Å². The van der Waals surface area contributed by atoms with E-state index in [9.17, 15) is 4.79 Å². The van der Waals surface area contributed by atoms with Gasteiger partial charge >= 0.3 is 0 Å². The molecule has 4 rings (SSSR count). The molecule has 0 aliphatic carbocycles. The number of halogens is 2. The average Bonchev–Trinajstić information content (AvgIpc) is 2.65. The Hall–Kier alpha value is -2.15. The molecule has 8 heteroatoms. The van der Waals surface area contributed by atoms with Crippen LogP contribution in [0.1, 0.15) is 0 Å². The number of pyridine rings is 1. The zero-order chi connectivity index (χ0) is 17.4. The lowest BCUT2D eigenvalue weighted by Gasteiger charge is -2.26. The first-order valence-corrected chi connectivity index (χ1v) is 8.56. The summed E-state index contributed by atoms with van der Waals surface area (Å²) in [6, 6.07) is 6.94. The number of aromatic nitrogens is 3. The molecule has 25 heavy (non-hydrogen) atoms. The lowest BCUT2D eigenvalue weighted by molar-refractivity contribution is 0.122. The van der Waals surface area contributed by atoms with Gasteiger partial charge < -0.3 is 9.64 Å². The number of hydrogen-bond donors (Lipinski definition) is 0. The predicted molar refractivity (Wildman–Crippen MR) is 98.2 cm³/mol. The Bertz CT molecular complexity index is 1000. The molecule has 1 fully saturated rings. The molecular formula is C17H14Cl2N4O2. The quantitative estimate of drug-likeness (QED) is 0.687. The topological polar surface area (TPSA) is 60.3 Å². The predicted octanol–water partition coefficient (Wildman–Crippen LogP) is 2.92. The van der Waals surface area contributed by atoms with Crippen molar-refractivity contribution in [3.05, 3.63) is 57.1 Å². The van der Waals surface area contributed by atoms with Crippen LogP contribution in [-0.2, 0) is 4.74 Å². The molecule has 1 aliphatic heterocycles. The van der Waals surface area contributed by atoms with Gasteiger partial charge in [-0.05, 0) is 18.2 Å². The number of morpholine rings is 1. The zero-order valence-corrected chi connectivity index (χ0v) is 14.7. The van der Waals surface area contributed by atoms with Crippen molar-refractivity contribution in [2.24, 2.45) is 0 Å². The Morgan fingerprint density at radius 3 is 2.72 bits per heavy atom. The molecule has 2 aromatic heterocycles. The maximum atomic E-state index is 12.8. The van der Waals surface area contributed by atoms with E-state index in [1.165, 1.54) is 4.57 Å². The summed E-state index contributed by atoms with van der Waals surface area (Å²) in [4.78, 5) is 23.7. The van der Waals surface area contributed by atoms with Crippen LogP contribution in [0.25, 0.3) is 16.6 Å². The molecule has 6 nitrogen and oxygen atoms in total. The Balaban J connectivity index is 1.81. The number of benzene rings is 1. The number of fused-ring (bicyclic) bond motifs is 1. The van der Waals surface area contributed by atoms with E-state index < -0.39 is 0 Å². The molecule has 1 aromatic carbocycles. The summed E-state index contributed by atoms with van der Waals surface area (Å²) in [6.45, 7) is 2.77. The molecule has 3 heterocycles. The Kier molecular flexibility index (Phi) is 4.33. The van der Waals surface area contributed by atoms with Crippen LogP contribution < -0.4 is 10.5 Å². The minimum absolute atomic E-state index is 0.241. The van der Waals surface area contributed by atoms with Crippen molar-refractivity contribution in [1.29, 1.82) is 0 Å². The molecule has 0 saturated carbocycles. The van der Waals surface area contributed by atoms with E-state index in [2.05, 4.69) is 9.97 Å². The highest BCUT2D eigenvalue weighted by Gasteiger charge is 2.16. The van der Waals surface area contributed by atoms with E-state index in [0.717, 1.165) is 13.1 Å². The third-order valence-corrected chi connectivity index (χ3v) is 4.93. The van der Waals surface area contributed by atoms with Crippen LogP contribution in [0.4, 0.5) is 5.95 Å². The molecule has 1 saturated heterocycles. The van der Waals surface area contributed by atoms with E-state index in [4.69, 9.17) is 27.9 Å². The van der Waals surface area contributed by atoms with Crippen molar-refractivity contribution in [2.75, 3.05) is 31.2 Å². The second-order valence-corrected chi connectivity index (χ2v) is 6.42. The van der Waals surface area contributed by atoms with E-state index in [0.29, 0.717) is 45.8 Å². The molecule has 0 unspecified atom stereocenters. The highest BCUT2D eigenvalue weighted by Crippen LogP contribution is 2.28. The average molecular weight is 377 g/mol. The second kappa shape index (κ2) is 6.63. The third-order valence-electron chi connectivity index (χ3n) is 4.12. The normalized spacial score (nSPS) is 14.9. The molecular weight excluding hydrogens is 363 g/mol. The van der Waals surface area contributed by atoms with Gasteiger partial charge in [0.1, 0.15) is 0 Å². The van der Waals surface area contributed by atoms with E-state index >= 15 is 0 Å². The lowest BCUT2D eigenvalue weighted by atomic mass is 10.2. The first-order chi connectivity index (χ1) is 12.1. The molecule has 1 aliphatic rings. The van der Waals surface area contributed by atoms with Crippen molar-refractivity contribution >= 4 is 40.1 Å². The van der Waals surface area contributed by atoms with E-state index in [-0.39, 0.29) is 5.56 Å². The standard InChI is InChI=1S/C17H14Cl2N4O2/c18-12-2-1-3-14(15(12)19)23-5-4-13-11(16(23)24)10-20-17(21-13)22-6-8-25-9-7-22/h1-5,10H,6-9H2. The van der Waals surface area contributed by atoms with Crippen LogP contribution in [0, 0.1) is 0 Å². The monoisotopic (exact) mass is 376 g/mol. The number of anilines is 1. The third kappa shape index (κ3) is 2.97. The van der Waals surface area contributed by atoms with Gasteiger partial charge in [0, 0.05) is 25.5 Å². The first-order valence-electron chi connectivity index (χ1n) is 7.80. The molecule has 0 spiro atoms. The van der Waals surface area contributed by atoms with Gasteiger partial charge in [0.05, 0.1) is 39.8 Å². The number of nitrogens with zero attached hydrogens (tertiary/aromatic N) is 4. The SMILES string of the molecule is O=c1c2cnc(N3CCOCC3)nc2ccn1-c1cccc(Cl)c1Cl. The van der Waals surface area contributed by atoms with E-state index in [1.807, 2.05) is 4.90 Å². The summed E-state index contributed by atoms with van der Waals surface area (Å²) in [5.41, 5.74) is 0.879. The Morgan fingerprint density at radius 2 is 1.92 bits per heavy atom. The van der Waals surface area contributed by atoms with E-state index in [1.54, 1.807) is 36.7 Å². The number of ether oxygens (including phenoxy) is 1. The van der Waals surface area contributed by atoms with Gasteiger partial charge in [-0.15, -0.1) is 0 Å². The van der Waals surface area contributed by atoms with Crippen LogP contribution >= 0.6 is 23.2 Å². The Labute approximate surface area is 153 Å². The summed E-state index contributed by atoms with van der Waals surface area (Å²) in [5.74, 6) is 0.605. The molecule has 3 aromatic rings. The van der Waals surface area contributed by atoms with Crippen LogP contribution in [0.5, 0.6) is 0 Å². The zero-order valence-electron chi connectivity index (χ0n) is 13.2. The summed E-state index contributed by atoms with van der Waals surface area (Å²) in [7, 11) is 0. The molecule has 0 amide bonds. The number of rotatable bonds is 2. The maximum absolute atomic E-state index is 12.8. The Morgan fingerprint density at radius 1 is 1.12 bits per heavy atom. The van der Waals surface area contributed by atoms with Gasteiger partial charge in [0.2, 0.25) is 5.95 Å². The summed E-state index contributed by atoms with van der Waals surface area (Å²) in [6.07, 6.45) is 3.21. The van der Waals surface area contributed by atoms with Crippen LogP contribution in [0.15, 0.2) is 41.5 Å². The van der Waals surface area contributed by atoms with Crippen molar-refractivity contribution in [2.45, 2.75) is 0 Å². The van der Waals surface area contributed by atoms with Crippen LogP contribution in [0.2, 0.25) is 10.0 Å². The fraction of sp³-hybridized carbons (Fsp3) is 0.235. The van der Waals surface area contributed by atoms with Crippen LogP contribution in [-0.4, -0.2) is 40.8 Å². The fourth-order valence-corrected chi connectivity index (χ4v) is 3.19. The van der Waals surface area contributed by atoms with Crippen molar-refractivity contribution < 1.29 is 4.74 Å². The largest absolute Gasteiger partial charge is 0.378 e. The smallest absolute Gasteiger partial charge is 0.266 e. The van der Waals surface area contributed by atoms with Gasteiger partial charge in [-0.2, -0.15) is 0 Å². The summed E-state index contributed by atoms with van der Waals surface area (Å²) < 4.78 is 6.79.